The molecule has 0 radical (unpaired) electrons. The lowest BCUT2D eigenvalue weighted by molar-refractivity contribution is -0.137. The molecule has 24 heavy (non-hydrogen) atoms. The van der Waals surface area contributed by atoms with Gasteiger partial charge in [-0.3, -0.25) is 0 Å². The fourth-order valence-electron chi connectivity index (χ4n) is 2.07. The van der Waals surface area contributed by atoms with Crippen LogP contribution in [0.25, 0.3) is 0 Å². The van der Waals surface area contributed by atoms with Crippen molar-refractivity contribution in [1.82, 2.24) is 5.32 Å². The van der Waals surface area contributed by atoms with Crippen LogP contribution in [0.1, 0.15) is 16.7 Å². The molecule has 128 valence electrons. The van der Waals surface area contributed by atoms with E-state index in [9.17, 15) is 18.0 Å². The van der Waals surface area contributed by atoms with E-state index in [-0.39, 0.29) is 5.69 Å². The van der Waals surface area contributed by atoms with Gasteiger partial charge in [0.25, 0.3) is 0 Å². The van der Waals surface area contributed by atoms with Crippen molar-refractivity contribution in [2.75, 3.05) is 11.9 Å². The number of halogens is 4. The number of amides is 2. The predicted molar refractivity (Wildman–Crippen MR) is 88.4 cm³/mol. The topological polar surface area (TPSA) is 41.1 Å². The Morgan fingerprint density at radius 3 is 2.42 bits per heavy atom. The Labute approximate surface area is 142 Å². The fraction of sp³-hybridized carbons (Fsp3) is 0.235. The molecule has 0 fully saturated rings. The summed E-state index contributed by atoms with van der Waals surface area (Å²) in [4.78, 5) is 11.8. The number of hydrogen-bond acceptors (Lipinski definition) is 1. The van der Waals surface area contributed by atoms with Gasteiger partial charge >= 0.3 is 12.2 Å². The van der Waals surface area contributed by atoms with E-state index in [1.165, 1.54) is 6.07 Å². The van der Waals surface area contributed by atoms with Crippen molar-refractivity contribution in [1.29, 1.82) is 0 Å². The van der Waals surface area contributed by atoms with Crippen LogP contribution < -0.4 is 10.6 Å². The lowest BCUT2D eigenvalue weighted by Crippen LogP contribution is -2.30. The van der Waals surface area contributed by atoms with E-state index in [4.69, 9.17) is 11.6 Å². The van der Waals surface area contributed by atoms with Gasteiger partial charge in [0, 0.05) is 12.2 Å². The second-order valence-corrected chi connectivity index (χ2v) is 5.72. The van der Waals surface area contributed by atoms with Crippen LogP contribution in [0.3, 0.4) is 0 Å². The van der Waals surface area contributed by atoms with E-state index in [2.05, 4.69) is 10.6 Å². The minimum atomic E-state index is -4.57. The first-order valence-electron chi connectivity index (χ1n) is 7.23. The summed E-state index contributed by atoms with van der Waals surface area (Å²) in [7, 11) is 0. The highest BCUT2D eigenvalue weighted by molar-refractivity contribution is 6.31. The highest BCUT2D eigenvalue weighted by Gasteiger charge is 2.33. The number of carbonyl (C=O) groups excluding carboxylic acids is 1. The van der Waals surface area contributed by atoms with Crippen LogP contribution in [0.15, 0.2) is 42.5 Å². The molecule has 0 aliphatic heterocycles. The summed E-state index contributed by atoms with van der Waals surface area (Å²) in [6.45, 7) is 2.35. The number of nitrogens with one attached hydrogen (secondary N) is 2. The summed E-state index contributed by atoms with van der Waals surface area (Å²) in [5.74, 6) is 0. The second kappa shape index (κ2) is 7.57. The number of anilines is 1. The molecule has 2 rings (SSSR count). The first-order chi connectivity index (χ1) is 11.3. The Morgan fingerprint density at radius 1 is 1.12 bits per heavy atom. The van der Waals surface area contributed by atoms with Gasteiger partial charge in [-0.25, -0.2) is 4.79 Å². The molecular weight excluding hydrogens is 341 g/mol. The van der Waals surface area contributed by atoms with E-state index in [1.54, 1.807) is 0 Å². The van der Waals surface area contributed by atoms with Crippen molar-refractivity contribution in [2.45, 2.75) is 19.5 Å². The van der Waals surface area contributed by atoms with E-state index in [0.29, 0.717) is 13.0 Å². The summed E-state index contributed by atoms with van der Waals surface area (Å²) < 4.78 is 38.3. The highest BCUT2D eigenvalue weighted by atomic mass is 35.5. The van der Waals surface area contributed by atoms with Gasteiger partial charge in [-0.05, 0) is 37.1 Å². The molecule has 0 unspecified atom stereocenters. The minimum Gasteiger partial charge on any atom is -0.338 e. The maximum absolute atomic E-state index is 12.8. The molecular formula is C17H16ClF3N2O. The Kier molecular flexibility index (Phi) is 5.72. The number of alkyl halides is 3. The molecule has 0 saturated carbocycles. The van der Waals surface area contributed by atoms with Gasteiger partial charge in [0.2, 0.25) is 0 Å². The molecule has 0 spiro atoms. The number of urea groups is 1. The average molecular weight is 357 g/mol. The van der Waals surface area contributed by atoms with Gasteiger partial charge in [-0.2, -0.15) is 13.2 Å². The quantitative estimate of drug-likeness (QED) is 0.792. The monoisotopic (exact) mass is 356 g/mol. The number of hydrogen-bond donors (Lipinski definition) is 2. The summed E-state index contributed by atoms with van der Waals surface area (Å²) in [5, 5.41) is 4.56. The van der Waals surface area contributed by atoms with Gasteiger partial charge < -0.3 is 10.6 Å². The Hall–Kier alpha value is -2.21. The largest absolute Gasteiger partial charge is 0.417 e. The molecule has 2 amide bonds. The normalized spacial score (nSPS) is 11.2. The number of benzene rings is 2. The van der Waals surface area contributed by atoms with E-state index in [0.717, 1.165) is 23.3 Å². The van der Waals surface area contributed by atoms with Crippen LogP contribution in [-0.2, 0) is 12.6 Å². The zero-order chi connectivity index (χ0) is 17.7. The van der Waals surface area contributed by atoms with Gasteiger partial charge in [-0.15, -0.1) is 0 Å². The van der Waals surface area contributed by atoms with Gasteiger partial charge in [0.05, 0.1) is 10.6 Å². The standard InChI is InChI=1S/C17H16ClF3N2O/c1-11-2-4-12(5-3-11)8-9-22-16(24)23-13-6-7-15(18)14(10-13)17(19,20)21/h2-7,10H,8-9H2,1H3,(H2,22,23,24). The molecule has 0 bridgehead atoms. The first-order valence-corrected chi connectivity index (χ1v) is 7.60. The Morgan fingerprint density at radius 2 is 1.79 bits per heavy atom. The molecule has 2 aromatic carbocycles. The smallest absolute Gasteiger partial charge is 0.338 e. The zero-order valence-electron chi connectivity index (χ0n) is 12.9. The molecule has 2 N–H and O–H groups in total. The van der Waals surface area contributed by atoms with Crippen LogP contribution in [-0.4, -0.2) is 12.6 Å². The molecule has 3 nitrogen and oxygen atoms in total. The molecule has 0 heterocycles. The lowest BCUT2D eigenvalue weighted by Gasteiger charge is -2.12. The van der Waals surface area contributed by atoms with Gasteiger partial charge in [0.15, 0.2) is 0 Å². The van der Waals surface area contributed by atoms with E-state index >= 15 is 0 Å². The fourth-order valence-corrected chi connectivity index (χ4v) is 2.30. The first kappa shape index (κ1) is 18.1. The number of aryl methyl sites for hydroxylation is 1. The van der Waals surface area contributed by atoms with Crippen molar-refractivity contribution in [3.63, 3.8) is 0 Å². The third-order valence-electron chi connectivity index (χ3n) is 3.35. The van der Waals surface area contributed by atoms with Crippen LogP contribution in [0.5, 0.6) is 0 Å². The average Bonchev–Trinajstić information content (AvgIpc) is 2.50. The molecule has 0 aliphatic carbocycles. The van der Waals surface area contributed by atoms with Gasteiger partial charge in [0.1, 0.15) is 0 Å². The number of carbonyl (C=O) groups is 1. The van der Waals surface area contributed by atoms with Crippen molar-refractivity contribution in [3.05, 3.63) is 64.2 Å². The maximum Gasteiger partial charge on any atom is 0.417 e. The van der Waals surface area contributed by atoms with E-state index < -0.39 is 22.8 Å². The molecule has 7 heteroatoms. The molecule has 0 atom stereocenters. The molecule has 0 saturated heterocycles. The summed E-state index contributed by atoms with van der Waals surface area (Å²) in [6, 6.07) is 10.5. The summed E-state index contributed by atoms with van der Waals surface area (Å²) in [5.41, 5.74) is 1.25. The molecule has 2 aromatic rings. The van der Waals surface area contributed by atoms with Crippen LogP contribution in [0, 0.1) is 6.92 Å². The summed E-state index contributed by atoms with van der Waals surface area (Å²) in [6.07, 6.45) is -3.95. The Bertz CT molecular complexity index is 715. The van der Waals surface area contributed by atoms with E-state index in [1.807, 2.05) is 31.2 Å². The zero-order valence-corrected chi connectivity index (χ0v) is 13.6. The van der Waals surface area contributed by atoms with Crippen molar-refractivity contribution in [2.24, 2.45) is 0 Å². The number of rotatable bonds is 4. The van der Waals surface area contributed by atoms with Gasteiger partial charge in [-0.1, -0.05) is 41.4 Å². The van der Waals surface area contributed by atoms with Crippen LogP contribution >= 0.6 is 11.6 Å². The summed E-state index contributed by atoms with van der Waals surface area (Å²) >= 11 is 5.53. The maximum atomic E-state index is 12.8. The SMILES string of the molecule is Cc1ccc(CCNC(=O)Nc2ccc(Cl)c(C(F)(F)F)c2)cc1. The Balaban J connectivity index is 1.89. The molecule has 0 aromatic heterocycles. The highest BCUT2D eigenvalue weighted by Crippen LogP contribution is 2.36. The minimum absolute atomic E-state index is 0.0274. The third-order valence-corrected chi connectivity index (χ3v) is 3.68. The van der Waals surface area contributed by atoms with Crippen LogP contribution in [0.4, 0.5) is 23.7 Å². The lowest BCUT2D eigenvalue weighted by atomic mass is 10.1. The van der Waals surface area contributed by atoms with Crippen molar-refractivity contribution in [3.8, 4) is 0 Å². The third kappa shape index (κ3) is 5.16. The van der Waals surface area contributed by atoms with Crippen molar-refractivity contribution < 1.29 is 18.0 Å². The predicted octanol–water partition coefficient (Wildman–Crippen LogP) is 5.03. The molecule has 0 aliphatic rings. The second-order valence-electron chi connectivity index (χ2n) is 5.31. The van der Waals surface area contributed by atoms with Crippen LogP contribution in [0.2, 0.25) is 5.02 Å². The van der Waals surface area contributed by atoms with Crippen molar-refractivity contribution >= 4 is 23.3 Å².